The number of carbonyl (C=O) groups is 2. The summed E-state index contributed by atoms with van der Waals surface area (Å²) in [6, 6.07) is 21.7. The molecule has 0 unspecified atom stereocenters. The average Bonchev–Trinajstić information content (AvgIpc) is 3.73. The van der Waals surface area contributed by atoms with Crippen LogP contribution in [0, 0.1) is 17.2 Å². The summed E-state index contributed by atoms with van der Waals surface area (Å²) in [5.74, 6) is -1.51. The molecule has 0 aromatic heterocycles. The molecule has 6 nitrogen and oxygen atoms in total. The molecule has 1 aliphatic carbocycles. The number of hydrogen-bond acceptors (Lipinski definition) is 4. The van der Waals surface area contributed by atoms with E-state index in [1.54, 1.807) is 48.5 Å². The zero-order valence-electron chi connectivity index (χ0n) is 19.8. The highest BCUT2D eigenvalue weighted by Crippen LogP contribution is 2.47. The van der Waals surface area contributed by atoms with Crippen molar-refractivity contribution >= 4 is 35.1 Å². The van der Waals surface area contributed by atoms with Gasteiger partial charge in [0.25, 0.3) is 5.91 Å². The summed E-state index contributed by atoms with van der Waals surface area (Å²) in [4.78, 5) is 28.2. The Balaban J connectivity index is 1.61. The predicted octanol–water partition coefficient (Wildman–Crippen LogP) is 5.98. The number of amides is 1. The second-order valence-corrected chi connectivity index (χ2v) is 10.3. The van der Waals surface area contributed by atoms with E-state index in [9.17, 15) is 14.7 Å². The molecule has 1 N–H and O–H groups in total. The number of carbonyl (C=O) groups excluding carboxylic acids is 1. The van der Waals surface area contributed by atoms with Gasteiger partial charge in [-0.2, -0.15) is 5.26 Å². The molecule has 2 aliphatic rings. The van der Waals surface area contributed by atoms with Crippen molar-refractivity contribution in [3.8, 4) is 6.07 Å². The molecule has 0 radical (unpaired) electrons. The monoisotopic (exact) mass is 534 g/mol. The van der Waals surface area contributed by atoms with E-state index >= 15 is 0 Å². The van der Waals surface area contributed by atoms with Crippen molar-refractivity contribution in [2.45, 2.75) is 43.6 Å². The van der Waals surface area contributed by atoms with Gasteiger partial charge in [-0.25, -0.2) is 4.79 Å². The number of halogens is 2. The van der Waals surface area contributed by atoms with Gasteiger partial charge >= 0.3 is 5.97 Å². The van der Waals surface area contributed by atoms with Gasteiger partial charge in [0.05, 0.1) is 17.7 Å². The van der Waals surface area contributed by atoms with Crippen LogP contribution in [0.25, 0.3) is 0 Å². The molecule has 1 saturated heterocycles. The van der Waals surface area contributed by atoms with E-state index in [4.69, 9.17) is 33.2 Å². The van der Waals surface area contributed by atoms with Crippen molar-refractivity contribution in [3.05, 3.63) is 105 Å². The Bertz CT molecular complexity index is 1330. The molecule has 5 rings (SSSR count). The standard InChI is InChI=1S/C29H24Cl2N2O4/c30-22-11-7-19(8-12-22)25-27(21-9-13-23(31)14-10-21)37-24(15-17-1-3-18(16-32)4-2-17)28(34)33(25)26(29(35)36)20-5-6-20/h1-4,7-14,20,24-27H,5-6,15H2,(H,35,36)/t24-,25+,26-,27-/m0/s1. The van der Waals surface area contributed by atoms with Crippen LogP contribution in [0.4, 0.5) is 0 Å². The smallest absolute Gasteiger partial charge is 0.326 e. The molecule has 0 bridgehead atoms. The summed E-state index contributed by atoms with van der Waals surface area (Å²) in [5.41, 5.74) is 2.85. The zero-order chi connectivity index (χ0) is 26.1. The van der Waals surface area contributed by atoms with Crippen LogP contribution >= 0.6 is 23.2 Å². The zero-order valence-corrected chi connectivity index (χ0v) is 21.3. The molecule has 3 aromatic carbocycles. The number of nitrogens with zero attached hydrogens (tertiary/aromatic N) is 2. The molecule has 4 atom stereocenters. The number of rotatable bonds is 7. The summed E-state index contributed by atoms with van der Waals surface area (Å²) in [5, 5.41) is 20.5. The highest BCUT2D eigenvalue weighted by atomic mass is 35.5. The van der Waals surface area contributed by atoms with Crippen molar-refractivity contribution in [2.24, 2.45) is 5.92 Å². The lowest BCUT2D eigenvalue weighted by Gasteiger charge is -2.47. The van der Waals surface area contributed by atoms with E-state index < -0.39 is 30.3 Å². The summed E-state index contributed by atoms with van der Waals surface area (Å²) in [7, 11) is 0. The number of carboxylic acids is 1. The lowest BCUT2D eigenvalue weighted by molar-refractivity contribution is -0.185. The van der Waals surface area contributed by atoms with E-state index in [1.165, 1.54) is 4.90 Å². The second-order valence-electron chi connectivity index (χ2n) is 9.47. The van der Waals surface area contributed by atoms with Crippen molar-refractivity contribution in [2.75, 3.05) is 0 Å². The summed E-state index contributed by atoms with van der Waals surface area (Å²) < 4.78 is 6.52. The van der Waals surface area contributed by atoms with Crippen LogP contribution in [0.2, 0.25) is 10.0 Å². The van der Waals surface area contributed by atoms with Crippen molar-refractivity contribution in [1.29, 1.82) is 5.26 Å². The number of carboxylic acid groups (broad SMARTS) is 1. The molecule has 188 valence electrons. The summed E-state index contributed by atoms with van der Waals surface area (Å²) >= 11 is 12.3. The van der Waals surface area contributed by atoms with Crippen molar-refractivity contribution < 1.29 is 19.4 Å². The van der Waals surface area contributed by atoms with Crippen molar-refractivity contribution in [3.63, 3.8) is 0 Å². The minimum Gasteiger partial charge on any atom is -0.480 e. The van der Waals surface area contributed by atoms with Crippen LogP contribution < -0.4 is 0 Å². The van der Waals surface area contributed by atoms with Gasteiger partial charge < -0.3 is 14.7 Å². The van der Waals surface area contributed by atoms with Crippen LogP contribution in [0.3, 0.4) is 0 Å². The van der Waals surface area contributed by atoms with Crippen molar-refractivity contribution in [1.82, 2.24) is 4.90 Å². The van der Waals surface area contributed by atoms with Crippen LogP contribution in [0.15, 0.2) is 72.8 Å². The van der Waals surface area contributed by atoms with Gasteiger partial charge in [-0.1, -0.05) is 59.6 Å². The van der Waals surface area contributed by atoms with Gasteiger partial charge in [-0.05, 0) is 71.8 Å². The Morgan fingerprint density at radius 3 is 2.05 bits per heavy atom. The van der Waals surface area contributed by atoms with Crippen LogP contribution in [0.1, 0.15) is 47.2 Å². The normalized spacial score (nSPS) is 22.4. The van der Waals surface area contributed by atoms with Gasteiger partial charge in [-0.15, -0.1) is 0 Å². The first-order valence-corrected chi connectivity index (χ1v) is 12.8. The Morgan fingerprint density at radius 1 is 0.973 bits per heavy atom. The average molecular weight is 535 g/mol. The van der Waals surface area contributed by atoms with E-state index in [-0.39, 0.29) is 18.2 Å². The summed E-state index contributed by atoms with van der Waals surface area (Å²) in [6.45, 7) is 0. The lowest BCUT2D eigenvalue weighted by atomic mass is 9.88. The van der Waals surface area contributed by atoms with Gasteiger partial charge in [0.15, 0.2) is 0 Å². The SMILES string of the molecule is N#Cc1ccc(C[C@@H]2O[C@@H](c3ccc(Cl)cc3)[C@@H](c3ccc(Cl)cc3)N([C@H](C(=O)O)C3CC3)C2=O)cc1. The molecule has 1 heterocycles. The Labute approximate surface area is 225 Å². The molecular weight excluding hydrogens is 511 g/mol. The fraction of sp³-hybridized carbons (Fsp3) is 0.276. The van der Waals surface area contributed by atoms with E-state index in [0.29, 0.717) is 15.6 Å². The van der Waals surface area contributed by atoms with Crippen LogP contribution in [0.5, 0.6) is 0 Å². The number of hydrogen-bond donors (Lipinski definition) is 1. The van der Waals surface area contributed by atoms with Gasteiger partial charge in [0.2, 0.25) is 0 Å². The van der Waals surface area contributed by atoms with Gasteiger partial charge in [-0.3, -0.25) is 4.79 Å². The maximum atomic E-state index is 14.1. The van der Waals surface area contributed by atoms with Crippen LogP contribution in [-0.2, 0) is 20.7 Å². The molecular formula is C29H24Cl2N2O4. The maximum Gasteiger partial charge on any atom is 0.326 e. The molecule has 37 heavy (non-hydrogen) atoms. The van der Waals surface area contributed by atoms with Gasteiger partial charge in [0, 0.05) is 16.5 Å². The van der Waals surface area contributed by atoms with E-state index in [1.807, 2.05) is 24.3 Å². The minimum atomic E-state index is -1.02. The number of morpholine rings is 1. The molecule has 1 amide bonds. The predicted molar refractivity (Wildman–Crippen MR) is 139 cm³/mol. The Hall–Kier alpha value is -3.37. The first kappa shape index (κ1) is 25.3. The van der Waals surface area contributed by atoms with E-state index in [0.717, 1.165) is 29.5 Å². The minimum absolute atomic E-state index is 0.115. The molecule has 1 saturated carbocycles. The highest BCUT2D eigenvalue weighted by Gasteiger charge is 2.52. The maximum absolute atomic E-state index is 14.1. The molecule has 3 aromatic rings. The fourth-order valence-electron chi connectivity index (χ4n) is 5.00. The largest absolute Gasteiger partial charge is 0.480 e. The first-order chi connectivity index (χ1) is 17.9. The Kier molecular flexibility index (Phi) is 7.21. The first-order valence-electron chi connectivity index (χ1n) is 12.1. The third-order valence-electron chi connectivity index (χ3n) is 6.96. The Morgan fingerprint density at radius 2 is 1.54 bits per heavy atom. The van der Waals surface area contributed by atoms with Gasteiger partial charge in [0.1, 0.15) is 18.2 Å². The fourth-order valence-corrected chi connectivity index (χ4v) is 5.25. The third-order valence-corrected chi connectivity index (χ3v) is 7.47. The second kappa shape index (κ2) is 10.5. The summed E-state index contributed by atoms with van der Waals surface area (Å²) in [6.07, 6.45) is 0.204. The molecule has 0 spiro atoms. The van der Waals surface area contributed by atoms with E-state index in [2.05, 4.69) is 6.07 Å². The number of aliphatic carboxylic acids is 1. The lowest BCUT2D eigenvalue weighted by Crippen LogP contribution is -2.58. The topological polar surface area (TPSA) is 90.6 Å². The molecule has 2 fully saturated rings. The highest BCUT2D eigenvalue weighted by molar-refractivity contribution is 6.30. The molecule has 8 heteroatoms. The third kappa shape index (κ3) is 5.35. The molecule has 1 aliphatic heterocycles. The number of ether oxygens (including phenoxy) is 1. The number of nitriles is 1. The number of benzene rings is 3. The van der Waals surface area contributed by atoms with Crippen LogP contribution in [-0.4, -0.2) is 34.0 Å². The quantitative estimate of drug-likeness (QED) is 0.402.